The molecule has 9 nitrogen and oxygen atoms in total. The lowest BCUT2D eigenvalue weighted by Gasteiger charge is -2.12. The summed E-state index contributed by atoms with van der Waals surface area (Å²) >= 11 is 0. The number of carbonyl (C=O) groups is 1. The molecule has 0 radical (unpaired) electrons. The Morgan fingerprint density at radius 1 is 1.61 bits per heavy atom. The van der Waals surface area contributed by atoms with Crippen LogP contribution in [0.2, 0.25) is 0 Å². The number of carboxylic acid groups (broad SMARTS) is 1. The van der Waals surface area contributed by atoms with Crippen LogP contribution in [0.3, 0.4) is 0 Å². The lowest BCUT2D eigenvalue weighted by Crippen LogP contribution is -2.41. The molecule has 0 saturated heterocycles. The van der Waals surface area contributed by atoms with Crippen LogP contribution in [-0.2, 0) is 4.79 Å². The molecular weight excluding hydrogens is 242 g/mol. The van der Waals surface area contributed by atoms with Crippen molar-refractivity contribution in [1.29, 1.82) is 5.41 Å². The second kappa shape index (κ2) is 5.48. The first kappa shape index (κ1) is 13.2. The Bertz CT molecular complexity index is 476. The number of nitro groups is 1. The predicted molar refractivity (Wildman–Crippen MR) is 64.0 cm³/mol. The maximum absolute atomic E-state index is 10.7. The zero-order valence-corrected chi connectivity index (χ0v) is 9.16. The number of hydrogen-bond acceptors (Lipinski definition) is 5. The highest BCUT2D eigenvalue weighted by molar-refractivity contribution is 5.90. The summed E-state index contributed by atoms with van der Waals surface area (Å²) in [6.45, 7) is -0.317. The first-order valence-electron chi connectivity index (χ1n) is 4.76. The van der Waals surface area contributed by atoms with Crippen LogP contribution >= 0.6 is 0 Å². The summed E-state index contributed by atoms with van der Waals surface area (Å²) < 4.78 is 0. The molecule has 0 aliphatic carbocycles. The van der Waals surface area contributed by atoms with Gasteiger partial charge in [0.2, 0.25) is 0 Å². The third-order valence-electron chi connectivity index (χ3n) is 1.93. The summed E-state index contributed by atoms with van der Waals surface area (Å²) in [5.74, 6) is -1.80. The standard InChI is InChI=1S/C9H11N5O4/c10-9(11)13(14(17)18)7-3-1-2-6(4-7)12-5-8(15)16/h1-4,12H,5H2,(H3,10,11)(H,15,16). The zero-order valence-electron chi connectivity index (χ0n) is 9.16. The fourth-order valence-corrected chi connectivity index (χ4v) is 1.25. The van der Waals surface area contributed by atoms with Gasteiger partial charge < -0.3 is 16.2 Å². The SMILES string of the molecule is N=C(N)N(c1cccc(NCC(=O)O)c1)[N+](=O)[O-]. The molecule has 5 N–H and O–H groups in total. The normalized spacial score (nSPS) is 9.56. The van der Waals surface area contributed by atoms with Gasteiger partial charge in [-0.3, -0.25) is 10.2 Å². The van der Waals surface area contributed by atoms with Crippen LogP contribution in [0, 0.1) is 15.5 Å². The van der Waals surface area contributed by atoms with E-state index in [-0.39, 0.29) is 12.2 Å². The number of nitrogens with zero attached hydrogens (tertiary/aromatic N) is 2. The molecule has 9 heteroatoms. The predicted octanol–water partition coefficient (Wildman–Crippen LogP) is 0.0747. The summed E-state index contributed by atoms with van der Waals surface area (Å²) in [6, 6.07) is 5.74. The van der Waals surface area contributed by atoms with Gasteiger partial charge in [-0.25, -0.2) is 10.1 Å². The third kappa shape index (κ3) is 3.33. The molecule has 0 saturated carbocycles. The second-order valence-corrected chi connectivity index (χ2v) is 3.23. The maximum atomic E-state index is 10.7. The van der Waals surface area contributed by atoms with Crippen molar-refractivity contribution < 1.29 is 14.9 Å². The summed E-state index contributed by atoms with van der Waals surface area (Å²) in [7, 11) is 0. The Morgan fingerprint density at radius 3 is 2.78 bits per heavy atom. The van der Waals surface area contributed by atoms with Gasteiger partial charge in [-0.05, 0) is 23.2 Å². The zero-order chi connectivity index (χ0) is 13.7. The molecule has 0 aliphatic rings. The molecule has 0 heterocycles. The highest BCUT2D eigenvalue weighted by Gasteiger charge is 2.21. The number of hydrogen-bond donors (Lipinski definition) is 4. The van der Waals surface area contributed by atoms with Gasteiger partial charge in [-0.15, -0.1) is 0 Å². The summed E-state index contributed by atoms with van der Waals surface area (Å²) in [5, 5.41) is 28.4. The van der Waals surface area contributed by atoms with Gasteiger partial charge in [-0.2, -0.15) is 0 Å². The molecule has 1 aromatic rings. The molecule has 0 amide bonds. The van der Waals surface area contributed by atoms with Crippen LogP contribution in [0.4, 0.5) is 11.4 Å². The number of anilines is 2. The van der Waals surface area contributed by atoms with Gasteiger partial charge >= 0.3 is 5.97 Å². The number of guanidine groups is 1. The number of aliphatic carboxylic acids is 1. The topological polar surface area (TPSA) is 146 Å². The van der Waals surface area contributed by atoms with Gasteiger partial charge in [0, 0.05) is 5.69 Å². The fourth-order valence-electron chi connectivity index (χ4n) is 1.25. The van der Waals surface area contributed by atoms with Crippen molar-refractivity contribution in [3.05, 3.63) is 34.4 Å². The number of rotatable bonds is 5. The average molecular weight is 253 g/mol. The van der Waals surface area contributed by atoms with Gasteiger partial charge in [0.05, 0.1) is 0 Å². The highest BCUT2D eigenvalue weighted by Crippen LogP contribution is 2.19. The minimum absolute atomic E-state index is 0.0582. The van der Waals surface area contributed by atoms with Crippen molar-refractivity contribution in [3.63, 3.8) is 0 Å². The second-order valence-electron chi connectivity index (χ2n) is 3.23. The quantitative estimate of drug-likeness (QED) is 0.251. The Kier molecular flexibility index (Phi) is 4.02. The van der Waals surface area contributed by atoms with Crippen molar-refractivity contribution in [2.75, 3.05) is 16.9 Å². The van der Waals surface area contributed by atoms with E-state index in [0.717, 1.165) is 0 Å². The van der Waals surface area contributed by atoms with Crippen molar-refractivity contribution in [2.24, 2.45) is 5.73 Å². The van der Waals surface area contributed by atoms with E-state index >= 15 is 0 Å². The van der Waals surface area contributed by atoms with E-state index in [2.05, 4.69) is 5.32 Å². The summed E-state index contributed by atoms with van der Waals surface area (Å²) in [6.07, 6.45) is 0. The molecule has 0 fully saturated rings. The molecule has 0 aliphatic heterocycles. The van der Waals surface area contributed by atoms with Crippen molar-refractivity contribution in [2.45, 2.75) is 0 Å². The number of hydrazine groups is 1. The largest absolute Gasteiger partial charge is 0.480 e. The number of nitrogens with two attached hydrogens (primary N) is 1. The van der Waals surface area contributed by atoms with Crippen LogP contribution in [-0.4, -0.2) is 28.6 Å². The summed E-state index contributed by atoms with van der Waals surface area (Å²) in [4.78, 5) is 21.1. The molecule has 0 spiro atoms. The maximum Gasteiger partial charge on any atom is 0.322 e. The number of nitrogens with one attached hydrogen (secondary N) is 2. The third-order valence-corrected chi connectivity index (χ3v) is 1.93. The molecular formula is C9H11N5O4. The van der Waals surface area contributed by atoms with Crippen molar-refractivity contribution >= 4 is 23.3 Å². The van der Waals surface area contributed by atoms with E-state index in [0.29, 0.717) is 10.7 Å². The summed E-state index contributed by atoms with van der Waals surface area (Å²) in [5.41, 5.74) is 5.53. The molecule has 1 aromatic carbocycles. The van der Waals surface area contributed by atoms with Crippen LogP contribution in [0.25, 0.3) is 0 Å². The van der Waals surface area contributed by atoms with Crippen LogP contribution in [0.1, 0.15) is 0 Å². The van der Waals surface area contributed by atoms with Crippen LogP contribution < -0.4 is 16.1 Å². The Morgan fingerprint density at radius 2 is 2.28 bits per heavy atom. The van der Waals surface area contributed by atoms with E-state index in [9.17, 15) is 14.9 Å². The molecule has 96 valence electrons. The van der Waals surface area contributed by atoms with Gasteiger partial charge in [-0.1, -0.05) is 6.07 Å². The van der Waals surface area contributed by atoms with Gasteiger partial charge in [0.15, 0.2) is 5.03 Å². The highest BCUT2D eigenvalue weighted by atomic mass is 16.7. The van der Waals surface area contributed by atoms with E-state index in [1.54, 1.807) is 6.07 Å². The lowest BCUT2D eigenvalue weighted by atomic mass is 10.2. The minimum Gasteiger partial charge on any atom is -0.480 e. The molecule has 18 heavy (non-hydrogen) atoms. The first-order valence-corrected chi connectivity index (χ1v) is 4.76. The number of carboxylic acids is 1. The van der Waals surface area contributed by atoms with E-state index < -0.39 is 17.0 Å². The van der Waals surface area contributed by atoms with Crippen LogP contribution in [0.5, 0.6) is 0 Å². The molecule has 0 unspecified atom stereocenters. The minimum atomic E-state index is -1.06. The monoisotopic (exact) mass is 253 g/mol. The van der Waals surface area contributed by atoms with E-state index in [1.807, 2.05) is 0 Å². The molecule has 0 bridgehead atoms. The molecule has 0 aromatic heterocycles. The van der Waals surface area contributed by atoms with E-state index in [4.69, 9.17) is 16.2 Å². The Balaban J connectivity index is 2.96. The molecule has 0 atom stereocenters. The average Bonchev–Trinajstić information content (AvgIpc) is 2.26. The smallest absolute Gasteiger partial charge is 0.322 e. The number of benzene rings is 1. The lowest BCUT2D eigenvalue weighted by molar-refractivity contribution is -0.479. The van der Waals surface area contributed by atoms with E-state index in [1.165, 1.54) is 18.2 Å². The Labute approximate surface area is 101 Å². The Hall–Kier alpha value is -2.84. The molecule has 1 rings (SSSR count). The van der Waals surface area contributed by atoms with Crippen LogP contribution in [0.15, 0.2) is 24.3 Å². The van der Waals surface area contributed by atoms with Crippen molar-refractivity contribution in [3.8, 4) is 0 Å². The van der Waals surface area contributed by atoms with Gasteiger partial charge in [0.25, 0.3) is 5.96 Å². The van der Waals surface area contributed by atoms with Crippen molar-refractivity contribution in [1.82, 2.24) is 0 Å². The fraction of sp³-hybridized carbons (Fsp3) is 0.111. The first-order chi connectivity index (χ1) is 8.41. The van der Waals surface area contributed by atoms with Gasteiger partial charge in [0.1, 0.15) is 12.2 Å².